The van der Waals surface area contributed by atoms with Crippen LogP contribution in [0.4, 0.5) is 0 Å². The Morgan fingerprint density at radius 1 is 0.857 bits per heavy atom. The maximum absolute atomic E-state index is 3.53. The Bertz CT molecular complexity index is 107. The van der Waals surface area contributed by atoms with Crippen LogP contribution in [0.15, 0.2) is 0 Å². The van der Waals surface area contributed by atoms with Gasteiger partial charge >= 0.3 is 0 Å². The van der Waals surface area contributed by atoms with Crippen molar-refractivity contribution in [2.24, 2.45) is 11.8 Å². The van der Waals surface area contributed by atoms with Gasteiger partial charge in [-0.05, 0) is 38.3 Å². The Kier molecular flexibility index (Phi) is 8.20. The molecule has 0 aromatic carbocycles. The van der Waals surface area contributed by atoms with Crippen molar-refractivity contribution in [2.75, 3.05) is 19.6 Å². The molecule has 0 aromatic heterocycles. The molecule has 0 saturated carbocycles. The zero-order valence-electron chi connectivity index (χ0n) is 10.6. The molecular formula is C12H28N2. The fraction of sp³-hybridized carbons (Fsp3) is 1.00. The van der Waals surface area contributed by atoms with E-state index in [1.165, 1.54) is 6.42 Å². The highest BCUT2D eigenvalue weighted by Gasteiger charge is 2.01. The minimum Gasteiger partial charge on any atom is -0.315 e. The zero-order valence-corrected chi connectivity index (χ0v) is 10.6. The summed E-state index contributed by atoms with van der Waals surface area (Å²) in [5.41, 5.74) is 0. The first-order chi connectivity index (χ1) is 6.52. The molecule has 0 aliphatic rings. The van der Waals surface area contributed by atoms with Crippen molar-refractivity contribution >= 4 is 0 Å². The first-order valence-electron chi connectivity index (χ1n) is 5.96. The van der Waals surface area contributed by atoms with Gasteiger partial charge in [0.05, 0.1) is 0 Å². The molecule has 0 aromatic rings. The SMILES string of the molecule is CC(C)CCNC(C)CNCC(C)C. The van der Waals surface area contributed by atoms with Gasteiger partial charge in [0.25, 0.3) is 0 Å². The summed E-state index contributed by atoms with van der Waals surface area (Å²) in [4.78, 5) is 0. The average Bonchev–Trinajstić information content (AvgIpc) is 2.02. The molecule has 2 N–H and O–H groups in total. The fourth-order valence-corrected chi connectivity index (χ4v) is 1.28. The first kappa shape index (κ1) is 13.9. The van der Waals surface area contributed by atoms with Crippen molar-refractivity contribution in [1.29, 1.82) is 0 Å². The van der Waals surface area contributed by atoms with Crippen molar-refractivity contribution in [1.82, 2.24) is 10.6 Å². The largest absolute Gasteiger partial charge is 0.315 e. The summed E-state index contributed by atoms with van der Waals surface area (Å²) in [5, 5.41) is 6.99. The fourth-order valence-electron chi connectivity index (χ4n) is 1.28. The second-order valence-corrected chi connectivity index (χ2v) is 5.09. The Morgan fingerprint density at radius 3 is 2.00 bits per heavy atom. The minimum absolute atomic E-state index is 0.590. The summed E-state index contributed by atoms with van der Waals surface area (Å²) in [7, 11) is 0. The smallest absolute Gasteiger partial charge is 0.0164 e. The van der Waals surface area contributed by atoms with E-state index in [1.54, 1.807) is 0 Å². The van der Waals surface area contributed by atoms with E-state index < -0.39 is 0 Å². The monoisotopic (exact) mass is 200 g/mol. The molecule has 2 nitrogen and oxygen atoms in total. The maximum atomic E-state index is 3.53. The maximum Gasteiger partial charge on any atom is 0.0164 e. The summed E-state index contributed by atoms with van der Waals surface area (Å²) >= 11 is 0. The third kappa shape index (κ3) is 10.0. The predicted octanol–water partition coefficient (Wildman–Crippen LogP) is 2.26. The van der Waals surface area contributed by atoms with Crippen molar-refractivity contribution in [3.63, 3.8) is 0 Å². The molecule has 14 heavy (non-hydrogen) atoms. The average molecular weight is 200 g/mol. The van der Waals surface area contributed by atoms with E-state index in [1.807, 2.05) is 0 Å². The third-order valence-corrected chi connectivity index (χ3v) is 2.22. The van der Waals surface area contributed by atoms with Gasteiger partial charge in [0, 0.05) is 12.6 Å². The van der Waals surface area contributed by atoms with Crippen LogP contribution in [0.25, 0.3) is 0 Å². The summed E-state index contributed by atoms with van der Waals surface area (Å²) in [6, 6.07) is 0.590. The van der Waals surface area contributed by atoms with E-state index in [2.05, 4.69) is 45.3 Å². The lowest BCUT2D eigenvalue weighted by atomic mass is 10.1. The van der Waals surface area contributed by atoms with E-state index in [-0.39, 0.29) is 0 Å². The number of hydrogen-bond acceptors (Lipinski definition) is 2. The Labute approximate surface area is 89.9 Å². The van der Waals surface area contributed by atoms with E-state index in [9.17, 15) is 0 Å². The van der Waals surface area contributed by atoms with Crippen LogP contribution < -0.4 is 10.6 Å². The van der Waals surface area contributed by atoms with Crippen molar-refractivity contribution in [2.45, 2.75) is 47.1 Å². The van der Waals surface area contributed by atoms with Gasteiger partial charge in [0.15, 0.2) is 0 Å². The van der Waals surface area contributed by atoms with Crippen LogP contribution in [0.1, 0.15) is 41.0 Å². The molecule has 86 valence electrons. The highest BCUT2D eigenvalue weighted by atomic mass is 15.0. The molecule has 1 unspecified atom stereocenters. The lowest BCUT2D eigenvalue weighted by Crippen LogP contribution is -2.38. The quantitative estimate of drug-likeness (QED) is 0.628. The molecule has 0 bridgehead atoms. The molecule has 2 heteroatoms. The number of rotatable bonds is 8. The van der Waals surface area contributed by atoms with E-state index in [4.69, 9.17) is 0 Å². The van der Waals surface area contributed by atoms with Crippen molar-refractivity contribution < 1.29 is 0 Å². The Balaban J connectivity index is 3.23. The molecule has 0 amide bonds. The third-order valence-electron chi connectivity index (χ3n) is 2.22. The van der Waals surface area contributed by atoms with Gasteiger partial charge in [-0.1, -0.05) is 27.7 Å². The standard InChI is InChI=1S/C12H28N2/c1-10(2)6-7-14-12(5)9-13-8-11(3)4/h10-14H,6-9H2,1-5H3. The minimum atomic E-state index is 0.590. The van der Waals surface area contributed by atoms with Gasteiger partial charge in [-0.3, -0.25) is 0 Å². The van der Waals surface area contributed by atoms with Crippen LogP contribution in [0.5, 0.6) is 0 Å². The molecule has 0 heterocycles. The molecule has 1 atom stereocenters. The Morgan fingerprint density at radius 2 is 1.50 bits per heavy atom. The van der Waals surface area contributed by atoms with Gasteiger partial charge in [0.2, 0.25) is 0 Å². The van der Waals surface area contributed by atoms with Gasteiger partial charge in [-0.15, -0.1) is 0 Å². The van der Waals surface area contributed by atoms with Crippen LogP contribution in [0.3, 0.4) is 0 Å². The van der Waals surface area contributed by atoms with E-state index in [0.29, 0.717) is 6.04 Å². The van der Waals surface area contributed by atoms with Gasteiger partial charge in [0.1, 0.15) is 0 Å². The summed E-state index contributed by atoms with van der Waals surface area (Å²) in [6.45, 7) is 14.6. The molecule has 0 aliphatic carbocycles. The molecule has 0 fully saturated rings. The lowest BCUT2D eigenvalue weighted by Gasteiger charge is -2.16. The normalized spacial score (nSPS) is 13.9. The zero-order chi connectivity index (χ0) is 11.0. The second kappa shape index (κ2) is 8.25. The molecule has 0 rings (SSSR count). The summed E-state index contributed by atoms with van der Waals surface area (Å²) in [5.74, 6) is 1.55. The van der Waals surface area contributed by atoms with Gasteiger partial charge in [-0.2, -0.15) is 0 Å². The van der Waals surface area contributed by atoms with Crippen LogP contribution in [0.2, 0.25) is 0 Å². The van der Waals surface area contributed by atoms with Crippen LogP contribution >= 0.6 is 0 Å². The molecule has 0 saturated heterocycles. The van der Waals surface area contributed by atoms with Crippen LogP contribution in [0, 0.1) is 11.8 Å². The second-order valence-electron chi connectivity index (χ2n) is 5.09. The molecule has 0 spiro atoms. The molecule has 0 aliphatic heterocycles. The number of hydrogen-bond donors (Lipinski definition) is 2. The van der Waals surface area contributed by atoms with Crippen LogP contribution in [-0.4, -0.2) is 25.7 Å². The van der Waals surface area contributed by atoms with Crippen molar-refractivity contribution in [3.8, 4) is 0 Å². The summed E-state index contributed by atoms with van der Waals surface area (Å²) < 4.78 is 0. The number of nitrogens with one attached hydrogen (secondary N) is 2. The van der Waals surface area contributed by atoms with Crippen molar-refractivity contribution in [3.05, 3.63) is 0 Å². The van der Waals surface area contributed by atoms with Gasteiger partial charge < -0.3 is 10.6 Å². The molecule has 0 radical (unpaired) electrons. The summed E-state index contributed by atoms with van der Waals surface area (Å²) in [6.07, 6.45) is 1.27. The topological polar surface area (TPSA) is 24.1 Å². The lowest BCUT2D eigenvalue weighted by molar-refractivity contribution is 0.450. The van der Waals surface area contributed by atoms with E-state index in [0.717, 1.165) is 31.5 Å². The Hall–Kier alpha value is -0.0800. The highest BCUT2D eigenvalue weighted by molar-refractivity contribution is 4.64. The van der Waals surface area contributed by atoms with E-state index >= 15 is 0 Å². The predicted molar refractivity (Wildman–Crippen MR) is 64.6 cm³/mol. The molecular weight excluding hydrogens is 172 g/mol. The highest BCUT2D eigenvalue weighted by Crippen LogP contribution is 1.96. The van der Waals surface area contributed by atoms with Crippen LogP contribution in [-0.2, 0) is 0 Å². The van der Waals surface area contributed by atoms with Gasteiger partial charge in [-0.25, -0.2) is 0 Å². The first-order valence-corrected chi connectivity index (χ1v) is 5.96.